The number of benzene rings is 1. The molecule has 0 aliphatic heterocycles. The molecule has 3 rings (SSSR count). The Labute approximate surface area is 121 Å². The molecule has 0 aliphatic rings. The summed E-state index contributed by atoms with van der Waals surface area (Å²) < 4.78 is 14.7. The first kappa shape index (κ1) is 13.1. The lowest BCUT2D eigenvalue weighted by molar-refractivity contribution is 0.618. The van der Waals surface area contributed by atoms with Crippen molar-refractivity contribution in [2.24, 2.45) is 0 Å². The second-order valence-electron chi connectivity index (χ2n) is 4.85. The maximum atomic E-state index is 13.5. The molecule has 1 N–H and O–H groups in total. The number of fused-ring (bicyclic) bond motifs is 1. The van der Waals surface area contributed by atoms with E-state index in [0.29, 0.717) is 5.56 Å². The molecule has 0 saturated carbocycles. The number of rotatable bonds is 3. The number of halogens is 1. The highest BCUT2D eigenvalue weighted by Gasteiger charge is 2.10. The van der Waals surface area contributed by atoms with E-state index in [0.717, 1.165) is 16.8 Å². The molecule has 0 spiro atoms. The van der Waals surface area contributed by atoms with Gasteiger partial charge in [-0.2, -0.15) is 0 Å². The minimum atomic E-state index is -0.186. The van der Waals surface area contributed by atoms with Crippen molar-refractivity contribution in [3.8, 4) is 0 Å². The monoisotopic (exact) mass is 286 g/mol. The van der Waals surface area contributed by atoms with Crippen molar-refractivity contribution in [2.75, 3.05) is 5.32 Å². The van der Waals surface area contributed by atoms with Crippen LogP contribution >= 0.6 is 11.3 Å². The molecule has 102 valence electrons. The first-order valence-electron chi connectivity index (χ1n) is 6.50. The van der Waals surface area contributed by atoms with Crippen LogP contribution in [0.15, 0.2) is 41.9 Å². The van der Waals surface area contributed by atoms with Gasteiger partial charge in [-0.1, -0.05) is 6.07 Å². The van der Waals surface area contributed by atoms with Crippen LogP contribution in [0.3, 0.4) is 0 Å². The maximum absolute atomic E-state index is 13.5. The molecule has 0 amide bonds. The maximum Gasteiger partial charge on any atom is 0.128 e. The molecule has 0 saturated heterocycles. The molecule has 2 aromatic heterocycles. The SMILES string of the molecule is Cc1c(F)cccc1NC(C)c1cnc2ccsc2c1. The number of nitrogens with one attached hydrogen (secondary N) is 1. The van der Waals surface area contributed by atoms with E-state index in [2.05, 4.69) is 23.3 Å². The van der Waals surface area contributed by atoms with Gasteiger partial charge in [-0.15, -0.1) is 11.3 Å². The number of anilines is 1. The Morgan fingerprint density at radius 1 is 1.30 bits per heavy atom. The molecule has 3 aromatic rings. The Kier molecular flexibility index (Phi) is 3.40. The molecule has 1 unspecified atom stereocenters. The van der Waals surface area contributed by atoms with E-state index < -0.39 is 0 Å². The lowest BCUT2D eigenvalue weighted by Gasteiger charge is -2.17. The number of hydrogen-bond donors (Lipinski definition) is 1. The first-order valence-corrected chi connectivity index (χ1v) is 7.38. The van der Waals surface area contributed by atoms with Gasteiger partial charge in [-0.05, 0) is 49.1 Å². The second-order valence-corrected chi connectivity index (χ2v) is 5.80. The van der Waals surface area contributed by atoms with Crippen molar-refractivity contribution in [2.45, 2.75) is 19.9 Å². The number of nitrogens with zero attached hydrogens (tertiary/aromatic N) is 1. The van der Waals surface area contributed by atoms with Crippen LogP contribution in [0.1, 0.15) is 24.1 Å². The quantitative estimate of drug-likeness (QED) is 0.739. The Morgan fingerprint density at radius 3 is 3.00 bits per heavy atom. The predicted molar refractivity (Wildman–Crippen MR) is 82.8 cm³/mol. The third-order valence-electron chi connectivity index (χ3n) is 3.46. The average Bonchev–Trinajstić information content (AvgIpc) is 2.91. The average molecular weight is 286 g/mol. The fourth-order valence-electron chi connectivity index (χ4n) is 2.18. The van der Waals surface area contributed by atoms with Gasteiger partial charge in [0.1, 0.15) is 5.82 Å². The summed E-state index contributed by atoms with van der Waals surface area (Å²) in [6.07, 6.45) is 1.88. The third kappa shape index (κ3) is 2.39. The molecular weight excluding hydrogens is 271 g/mol. The van der Waals surface area contributed by atoms with Gasteiger partial charge >= 0.3 is 0 Å². The molecule has 1 atom stereocenters. The van der Waals surface area contributed by atoms with Crippen molar-refractivity contribution in [1.82, 2.24) is 4.98 Å². The molecular formula is C16H15FN2S. The third-order valence-corrected chi connectivity index (χ3v) is 4.32. The van der Waals surface area contributed by atoms with Gasteiger partial charge in [0.2, 0.25) is 0 Å². The molecule has 4 heteroatoms. The van der Waals surface area contributed by atoms with E-state index in [9.17, 15) is 4.39 Å². The van der Waals surface area contributed by atoms with E-state index in [-0.39, 0.29) is 11.9 Å². The summed E-state index contributed by atoms with van der Waals surface area (Å²) in [4.78, 5) is 4.44. The van der Waals surface area contributed by atoms with Gasteiger partial charge in [-0.3, -0.25) is 4.98 Å². The summed E-state index contributed by atoms with van der Waals surface area (Å²) in [5.41, 5.74) is 3.59. The van der Waals surface area contributed by atoms with Crippen LogP contribution in [-0.4, -0.2) is 4.98 Å². The summed E-state index contributed by atoms with van der Waals surface area (Å²) in [7, 11) is 0. The smallest absolute Gasteiger partial charge is 0.128 e. The van der Waals surface area contributed by atoms with E-state index >= 15 is 0 Å². The fourth-order valence-corrected chi connectivity index (χ4v) is 2.97. The number of thiophene rings is 1. The highest BCUT2D eigenvalue weighted by molar-refractivity contribution is 7.17. The van der Waals surface area contributed by atoms with Crippen LogP contribution in [0.5, 0.6) is 0 Å². The molecule has 0 fully saturated rings. The van der Waals surface area contributed by atoms with Gasteiger partial charge < -0.3 is 5.32 Å². The van der Waals surface area contributed by atoms with Crippen molar-refractivity contribution in [3.63, 3.8) is 0 Å². The summed E-state index contributed by atoms with van der Waals surface area (Å²) in [6, 6.07) is 9.32. The van der Waals surface area contributed by atoms with Gasteiger partial charge in [0.15, 0.2) is 0 Å². The first-order chi connectivity index (χ1) is 9.65. The van der Waals surface area contributed by atoms with Crippen molar-refractivity contribution in [3.05, 3.63) is 58.9 Å². The Balaban J connectivity index is 1.88. The molecule has 0 bridgehead atoms. The number of aromatic nitrogens is 1. The summed E-state index contributed by atoms with van der Waals surface area (Å²) in [5, 5.41) is 5.39. The van der Waals surface area contributed by atoms with Crippen LogP contribution in [0, 0.1) is 12.7 Å². The molecule has 1 aromatic carbocycles. The second kappa shape index (κ2) is 5.21. The van der Waals surface area contributed by atoms with Crippen LogP contribution in [0.4, 0.5) is 10.1 Å². The Hall–Kier alpha value is -1.94. The van der Waals surface area contributed by atoms with Gasteiger partial charge in [-0.25, -0.2) is 4.39 Å². The van der Waals surface area contributed by atoms with Crippen LogP contribution < -0.4 is 5.32 Å². The minimum absolute atomic E-state index is 0.0782. The summed E-state index contributed by atoms with van der Waals surface area (Å²) in [5.74, 6) is -0.186. The van der Waals surface area contributed by atoms with Gasteiger partial charge in [0.05, 0.1) is 16.3 Å². The Bertz CT molecular complexity index is 751. The van der Waals surface area contributed by atoms with Crippen molar-refractivity contribution < 1.29 is 4.39 Å². The van der Waals surface area contributed by atoms with Crippen LogP contribution in [-0.2, 0) is 0 Å². The highest BCUT2D eigenvalue weighted by Crippen LogP contribution is 2.26. The molecule has 0 aliphatic carbocycles. The lowest BCUT2D eigenvalue weighted by Crippen LogP contribution is -2.08. The predicted octanol–water partition coefficient (Wildman–Crippen LogP) is 4.92. The van der Waals surface area contributed by atoms with Gasteiger partial charge in [0.25, 0.3) is 0 Å². The van der Waals surface area contributed by atoms with E-state index in [1.807, 2.05) is 23.7 Å². The largest absolute Gasteiger partial charge is 0.378 e. The lowest BCUT2D eigenvalue weighted by atomic mass is 10.1. The number of hydrogen-bond acceptors (Lipinski definition) is 3. The molecule has 2 heterocycles. The van der Waals surface area contributed by atoms with Crippen molar-refractivity contribution >= 4 is 27.2 Å². The molecule has 20 heavy (non-hydrogen) atoms. The Morgan fingerprint density at radius 2 is 2.15 bits per heavy atom. The van der Waals surface area contributed by atoms with Crippen LogP contribution in [0.25, 0.3) is 10.2 Å². The van der Waals surface area contributed by atoms with E-state index in [1.165, 1.54) is 10.8 Å². The standard InChI is InChI=1S/C16H15FN2S/c1-10-13(17)4-3-5-14(10)19-11(2)12-8-16-15(18-9-12)6-7-20-16/h3-9,11,19H,1-2H3. The summed E-state index contributed by atoms with van der Waals surface area (Å²) >= 11 is 1.68. The van der Waals surface area contributed by atoms with Gasteiger partial charge in [0, 0.05) is 17.4 Å². The fraction of sp³-hybridized carbons (Fsp3) is 0.188. The highest BCUT2D eigenvalue weighted by atomic mass is 32.1. The van der Waals surface area contributed by atoms with E-state index in [4.69, 9.17) is 0 Å². The summed E-state index contributed by atoms with van der Waals surface area (Å²) in [6.45, 7) is 3.84. The molecule has 2 nitrogen and oxygen atoms in total. The number of pyridine rings is 1. The van der Waals surface area contributed by atoms with E-state index in [1.54, 1.807) is 24.3 Å². The van der Waals surface area contributed by atoms with Crippen LogP contribution in [0.2, 0.25) is 0 Å². The zero-order valence-electron chi connectivity index (χ0n) is 11.4. The topological polar surface area (TPSA) is 24.9 Å². The zero-order chi connectivity index (χ0) is 14.1. The minimum Gasteiger partial charge on any atom is -0.378 e. The molecule has 0 radical (unpaired) electrons. The zero-order valence-corrected chi connectivity index (χ0v) is 12.2. The normalized spacial score (nSPS) is 12.6. The van der Waals surface area contributed by atoms with Crippen molar-refractivity contribution in [1.29, 1.82) is 0 Å².